The van der Waals surface area contributed by atoms with Crippen LogP contribution in [0, 0.1) is 11.8 Å². The maximum atomic E-state index is 12.0. The molecule has 0 spiro atoms. The Morgan fingerprint density at radius 3 is 2.63 bits per heavy atom. The van der Waals surface area contributed by atoms with Gasteiger partial charge in [0.15, 0.2) is 0 Å². The number of ether oxygens (including phenoxy) is 1. The van der Waals surface area contributed by atoms with Gasteiger partial charge in [0, 0.05) is 12.8 Å². The van der Waals surface area contributed by atoms with Crippen molar-refractivity contribution in [1.29, 1.82) is 0 Å². The van der Waals surface area contributed by atoms with Crippen LogP contribution in [0.5, 0.6) is 0 Å². The molecule has 5 atom stereocenters. The fourth-order valence-corrected chi connectivity index (χ4v) is 5.36. The van der Waals surface area contributed by atoms with Gasteiger partial charge in [-0.2, -0.15) is 0 Å². The first-order chi connectivity index (χ1) is 8.70. The molecule has 1 N–H and O–H groups in total. The summed E-state index contributed by atoms with van der Waals surface area (Å²) in [4.78, 5) is 12.0. The second kappa shape index (κ2) is 5.26. The molecule has 4 heteroatoms. The van der Waals surface area contributed by atoms with Crippen LogP contribution in [0.15, 0.2) is 0 Å². The van der Waals surface area contributed by atoms with Crippen molar-refractivity contribution < 1.29 is 14.6 Å². The molecule has 19 heavy (non-hydrogen) atoms. The van der Waals surface area contributed by atoms with Crippen molar-refractivity contribution in [3.8, 4) is 0 Å². The normalized spacial score (nSPS) is 47.3. The van der Waals surface area contributed by atoms with Crippen LogP contribution in [-0.4, -0.2) is 32.1 Å². The number of Topliss-reactive ketones (excluding diaryl/α,β-unsaturated/α-hetero) is 1. The molecule has 3 unspecified atom stereocenters. The van der Waals surface area contributed by atoms with Crippen molar-refractivity contribution in [2.24, 2.45) is 11.8 Å². The molecule has 3 nitrogen and oxygen atoms in total. The number of carbonyl (C=O) groups excluding carboxylic acids is 1. The molecule has 0 aromatic heterocycles. The zero-order valence-corrected chi connectivity index (χ0v) is 14.4. The number of ketones is 1. The van der Waals surface area contributed by atoms with Crippen LogP contribution in [0.2, 0.25) is 0 Å². The van der Waals surface area contributed by atoms with E-state index in [2.05, 4.69) is 36.4 Å². The van der Waals surface area contributed by atoms with Crippen molar-refractivity contribution in [2.45, 2.75) is 74.6 Å². The van der Waals surface area contributed by atoms with Gasteiger partial charge in [0.25, 0.3) is 0 Å². The van der Waals surface area contributed by atoms with Crippen LogP contribution < -0.4 is 0 Å². The smallest absolute Gasteiger partial charge is 0.137 e. The number of aliphatic hydroxyl groups is 1. The molecular weight excluding hydrogens is 355 g/mol. The van der Waals surface area contributed by atoms with E-state index < -0.39 is 5.60 Å². The maximum absolute atomic E-state index is 12.0. The first-order valence-electron chi connectivity index (χ1n) is 7.29. The van der Waals surface area contributed by atoms with Crippen LogP contribution in [0.4, 0.5) is 0 Å². The Labute approximate surface area is 129 Å². The van der Waals surface area contributed by atoms with Gasteiger partial charge in [-0.25, -0.2) is 0 Å². The van der Waals surface area contributed by atoms with E-state index in [0.29, 0.717) is 18.8 Å². The highest BCUT2D eigenvalue weighted by Crippen LogP contribution is 2.56. The molecule has 2 saturated carbocycles. The monoisotopic (exact) mass is 380 g/mol. The van der Waals surface area contributed by atoms with Crippen molar-refractivity contribution in [2.75, 3.05) is 0 Å². The highest BCUT2D eigenvalue weighted by Gasteiger charge is 2.63. The molecule has 110 valence electrons. The van der Waals surface area contributed by atoms with Gasteiger partial charge < -0.3 is 9.84 Å². The van der Waals surface area contributed by atoms with Crippen LogP contribution in [-0.2, 0) is 9.53 Å². The summed E-state index contributed by atoms with van der Waals surface area (Å²) in [6.45, 7) is 8.24. The minimum atomic E-state index is -0.886. The fourth-order valence-electron chi connectivity index (χ4n) is 3.79. The summed E-state index contributed by atoms with van der Waals surface area (Å²) in [5.41, 5.74) is -0.886. The van der Waals surface area contributed by atoms with Crippen molar-refractivity contribution in [1.82, 2.24) is 0 Å². The van der Waals surface area contributed by atoms with E-state index in [1.54, 1.807) is 0 Å². The van der Waals surface area contributed by atoms with Crippen molar-refractivity contribution >= 4 is 28.4 Å². The number of fused-ring (bicyclic) bond motifs is 1. The molecule has 0 bridgehead atoms. The van der Waals surface area contributed by atoms with E-state index in [1.165, 1.54) is 0 Å². The second-order valence-corrected chi connectivity index (χ2v) is 8.75. The van der Waals surface area contributed by atoms with E-state index >= 15 is 0 Å². The molecule has 0 aromatic rings. The Bertz CT molecular complexity index is 370. The summed E-state index contributed by atoms with van der Waals surface area (Å²) in [7, 11) is 0. The second-order valence-electron chi connectivity index (χ2n) is 6.69. The lowest BCUT2D eigenvalue weighted by Crippen LogP contribution is -2.69. The van der Waals surface area contributed by atoms with Gasteiger partial charge in [-0.15, -0.1) is 0 Å². The molecule has 2 fully saturated rings. The molecule has 0 saturated heterocycles. The number of hydrogen-bond donors (Lipinski definition) is 1. The van der Waals surface area contributed by atoms with Gasteiger partial charge in [-0.05, 0) is 38.5 Å². The molecule has 0 amide bonds. The number of alkyl halides is 1. The largest absolute Gasteiger partial charge is 0.385 e. The van der Waals surface area contributed by atoms with Crippen LogP contribution in [0.3, 0.4) is 0 Å². The Morgan fingerprint density at radius 2 is 2.05 bits per heavy atom. The highest BCUT2D eigenvalue weighted by molar-refractivity contribution is 14.1. The summed E-state index contributed by atoms with van der Waals surface area (Å²) in [5, 5.41) is 11.4. The number of hydrogen-bond acceptors (Lipinski definition) is 3. The third kappa shape index (κ3) is 2.48. The fraction of sp³-hybridized carbons (Fsp3) is 0.933. The molecule has 2 aliphatic rings. The Morgan fingerprint density at radius 1 is 1.42 bits per heavy atom. The van der Waals surface area contributed by atoms with Crippen LogP contribution >= 0.6 is 22.6 Å². The molecule has 0 heterocycles. The zero-order chi connectivity index (χ0) is 14.4. The molecular formula is C15H25IO3. The topological polar surface area (TPSA) is 46.5 Å². The molecule has 0 aromatic carbocycles. The summed E-state index contributed by atoms with van der Waals surface area (Å²) in [5.74, 6) is 0.862. The van der Waals surface area contributed by atoms with Gasteiger partial charge in [-0.1, -0.05) is 36.4 Å². The quantitative estimate of drug-likeness (QED) is 0.592. The van der Waals surface area contributed by atoms with Gasteiger partial charge >= 0.3 is 0 Å². The van der Waals surface area contributed by atoms with E-state index in [-0.39, 0.29) is 27.3 Å². The predicted octanol–water partition coefficient (Wildman–Crippen LogP) is 3.11. The Balaban J connectivity index is 2.39. The molecule has 0 aliphatic heterocycles. The standard InChI is InChI=1S/C15H25IO3/c1-9(2)19-13-7-12(17)8-14(16)6-5-10(3)11(4)15(13,14)18/h9-11,13,18H,5-8H2,1-4H3/t10?,11?,13?,14-,15-/m1/s1. The van der Waals surface area contributed by atoms with E-state index in [9.17, 15) is 9.90 Å². The van der Waals surface area contributed by atoms with Gasteiger partial charge in [0.05, 0.1) is 15.6 Å². The summed E-state index contributed by atoms with van der Waals surface area (Å²) in [6, 6.07) is 0. The summed E-state index contributed by atoms with van der Waals surface area (Å²) >= 11 is 2.34. The predicted molar refractivity (Wildman–Crippen MR) is 83.5 cm³/mol. The first-order valence-corrected chi connectivity index (χ1v) is 8.37. The minimum absolute atomic E-state index is 0.0324. The van der Waals surface area contributed by atoms with Gasteiger partial charge in [0.1, 0.15) is 11.4 Å². The number of rotatable bonds is 2. The zero-order valence-electron chi connectivity index (χ0n) is 12.3. The van der Waals surface area contributed by atoms with E-state index in [0.717, 1.165) is 12.8 Å². The number of carbonyl (C=O) groups is 1. The third-order valence-corrected chi connectivity index (χ3v) is 6.86. The maximum Gasteiger partial charge on any atom is 0.137 e. The minimum Gasteiger partial charge on any atom is -0.385 e. The summed E-state index contributed by atoms with van der Waals surface area (Å²) in [6.07, 6.45) is 2.50. The lowest BCUT2D eigenvalue weighted by Gasteiger charge is -2.58. The average Bonchev–Trinajstić information content (AvgIpc) is 2.29. The first kappa shape index (κ1) is 15.7. The van der Waals surface area contributed by atoms with Crippen molar-refractivity contribution in [3.05, 3.63) is 0 Å². The molecule has 2 aliphatic carbocycles. The van der Waals surface area contributed by atoms with Crippen LogP contribution in [0.25, 0.3) is 0 Å². The average molecular weight is 380 g/mol. The molecule has 0 radical (unpaired) electrons. The third-order valence-electron chi connectivity index (χ3n) is 5.08. The van der Waals surface area contributed by atoms with Gasteiger partial charge in [-0.3, -0.25) is 4.79 Å². The van der Waals surface area contributed by atoms with Gasteiger partial charge in [0.2, 0.25) is 0 Å². The SMILES string of the molecule is CC(C)OC1CC(=O)C[C@]2(I)CCC(C)C(C)[C@@]12O. The number of halogens is 1. The summed E-state index contributed by atoms with van der Waals surface area (Å²) < 4.78 is 5.59. The molecule has 2 rings (SSSR count). The van der Waals surface area contributed by atoms with E-state index in [4.69, 9.17) is 4.74 Å². The van der Waals surface area contributed by atoms with E-state index in [1.807, 2.05) is 13.8 Å². The lowest BCUT2D eigenvalue weighted by atomic mass is 9.58. The lowest BCUT2D eigenvalue weighted by molar-refractivity contribution is -0.203. The Hall–Kier alpha value is 0.320. The highest BCUT2D eigenvalue weighted by atomic mass is 127. The Kier molecular flexibility index (Phi) is 4.35. The van der Waals surface area contributed by atoms with Crippen LogP contribution in [0.1, 0.15) is 53.4 Å². The van der Waals surface area contributed by atoms with Crippen molar-refractivity contribution in [3.63, 3.8) is 0 Å².